The highest BCUT2D eigenvalue weighted by Gasteiger charge is 2.28. The summed E-state index contributed by atoms with van der Waals surface area (Å²) in [6.45, 7) is 9.70. The van der Waals surface area contributed by atoms with Gasteiger partial charge in [-0.2, -0.15) is 0 Å². The first-order valence-corrected chi connectivity index (χ1v) is 12.1. The number of carbonyl (C=O) groups excluding carboxylic acids is 1. The Labute approximate surface area is 197 Å². The average molecular weight is 460 g/mol. The fourth-order valence-electron chi connectivity index (χ4n) is 4.92. The molecule has 0 saturated heterocycles. The van der Waals surface area contributed by atoms with Crippen molar-refractivity contribution in [3.63, 3.8) is 0 Å². The van der Waals surface area contributed by atoms with Crippen LogP contribution in [0.2, 0.25) is 5.02 Å². The Bertz CT molecular complexity index is 915. The summed E-state index contributed by atoms with van der Waals surface area (Å²) in [6, 6.07) is 5.22. The first kappa shape index (κ1) is 24.6. The highest BCUT2D eigenvalue weighted by Crippen LogP contribution is 2.34. The molecule has 7 heteroatoms. The Balaban J connectivity index is 1.78. The van der Waals surface area contributed by atoms with Crippen molar-refractivity contribution in [2.75, 3.05) is 25.5 Å². The van der Waals surface area contributed by atoms with E-state index in [4.69, 9.17) is 11.6 Å². The van der Waals surface area contributed by atoms with Gasteiger partial charge in [0, 0.05) is 53.3 Å². The van der Waals surface area contributed by atoms with Crippen molar-refractivity contribution in [3.8, 4) is 0 Å². The summed E-state index contributed by atoms with van der Waals surface area (Å²) in [5.41, 5.74) is 2.69. The fourth-order valence-corrected chi connectivity index (χ4v) is 5.13. The quantitative estimate of drug-likeness (QED) is 0.599. The maximum Gasteiger partial charge on any atom is 0.252 e. The summed E-state index contributed by atoms with van der Waals surface area (Å²) in [5, 5.41) is 3.64. The lowest BCUT2D eigenvalue weighted by Gasteiger charge is -2.40. The molecule has 0 atom stereocenters. The van der Waals surface area contributed by atoms with Crippen molar-refractivity contribution >= 4 is 23.2 Å². The highest BCUT2D eigenvalue weighted by molar-refractivity contribution is 6.31. The minimum atomic E-state index is -0.114. The van der Waals surface area contributed by atoms with Gasteiger partial charge in [0.15, 0.2) is 0 Å². The van der Waals surface area contributed by atoms with Crippen LogP contribution in [-0.2, 0) is 6.54 Å². The molecule has 0 bridgehead atoms. The molecule has 1 amide bonds. The van der Waals surface area contributed by atoms with Gasteiger partial charge in [0.05, 0.1) is 6.54 Å². The van der Waals surface area contributed by atoms with Crippen molar-refractivity contribution in [2.45, 2.75) is 78.0 Å². The molecule has 32 heavy (non-hydrogen) atoms. The number of anilines is 1. The van der Waals surface area contributed by atoms with Gasteiger partial charge in [-0.1, -0.05) is 11.6 Å². The molecule has 1 heterocycles. The standard InChI is InChI=1S/C25H38ClN5O/c1-7-30(21-10-8-20(9-11-21)29(5)6)23-15-19(26)14-22(18(23)4)25(32)28-16-24-27-12-13-31(24)17(2)3/h12-15,17,20-21H,7-11,16H2,1-6H3,(H,28,32)/t20-,21-. The van der Waals surface area contributed by atoms with Gasteiger partial charge in [0.2, 0.25) is 0 Å². The van der Waals surface area contributed by atoms with E-state index in [1.807, 2.05) is 19.2 Å². The summed E-state index contributed by atoms with van der Waals surface area (Å²) in [6.07, 6.45) is 8.42. The molecule has 0 aliphatic heterocycles. The molecule has 1 fully saturated rings. The minimum Gasteiger partial charge on any atom is -0.369 e. The maximum absolute atomic E-state index is 13.1. The molecule has 1 aromatic heterocycles. The number of rotatable bonds is 8. The lowest BCUT2D eigenvalue weighted by molar-refractivity contribution is 0.0948. The zero-order chi connectivity index (χ0) is 23.4. The van der Waals surface area contributed by atoms with E-state index in [0.717, 1.165) is 36.5 Å². The van der Waals surface area contributed by atoms with Gasteiger partial charge < -0.3 is 19.7 Å². The molecule has 3 rings (SSSR count). The number of aromatic nitrogens is 2. The summed E-state index contributed by atoms with van der Waals surface area (Å²) in [4.78, 5) is 22.3. The van der Waals surface area contributed by atoms with Crippen LogP contribution >= 0.6 is 11.6 Å². The molecule has 1 N–H and O–H groups in total. The van der Waals surface area contributed by atoms with Gasteiger partial charge in [-0.3, -0.25) is 4.79 Å². The van der Waals surface area contributed by atoms with Crippen molar-refractivity contribution in [1.82, 2.24) is 19.8 Å². The normalized spacial score (nSPS) is 18.9. The van der Waals surface area contributed by atoms with Gasteiger partial charge in [-0.25, -0.2) is 4.98 Å². The van der Waals surface area contributed by atoms with E-state index in [9.17, 15) is 4.79 Å². The summed E-state index contributed by atoms with van der Waals surface area (Å²) in [7, 11) is 4.34. The average Bonchev–Trinajstić information content (AvgIpc) is 3.24. The van der Waals surface area contributed by atoms with Gasteiger partial charge in [-0.15, -0.1) is 0 Å². The first-order chi connectivity index (χ1) is 15.2. The second-order valence-electron chi connectivity index (χ2n) is 9.34. The van der Waals surface area contributed by atoms with Crippen LogP contribution in [-0.4, -0.2) is 53.1 Å². The van der Waals surface area contributed by atoms with Crippen LogP contribution in [0.1, 0.15) is 74.2 Å². The number of hydrogen-bond acceptors (Lipinski definition) is 4. The first-order valence-electron chi connectivity index (χ1n) is 11.8. The Kier molecular flexibility index (Phi) is 8.23. The summed E-state index contributed by atoms with van der Waals surface area (Å²) in [5.74, 6) is 0.734. The van der Waals surface area contributed by atoms with Crippen LogP contribution in [0.4, 0.5) is 5.69 Å². The molecule has 1 aliphatic carbocycles. The molecule has 0 radical (unpaired) electrons. The van der Waals surface area contributed by atoms with E-state index in [-0.39, 0.29) is 5.91 Å². The largest absolute Gasteiger partial charge is 0.369 e. The third-order valence-electron chi connectivity index (χ3n) is 6.79. The lowest BCUT2D eigenvalue weighted by atomic mass is 9.89. The molecule has 2 aromatic rings. The molecule has 0 spiro atoms. The van der Waals surface area contributed by atoms with Crippen molar-refractivity contribution in [3.05, 3.63) is 46.5 Å². The predicted octanol–water partition coefficient (Wildman–Crippen LogP) is 5.05. The van der Waals surface area contributed by atoms with Gasteiger partial charge in [-0.05, 0) is 85.2 Å². The second kappa shape index (κ2) is 10.7. The molecular weight excluding hydrogens is 422 g/mol. The summed E-state index contributed by atoms with van der Waals surface area (Å²) >= 11 is 6.51. The zero-order valence-corrected chi connectivity index (χ0v) is 21.1. The molecule has 6 nitrogen and oxygen atoms in total. The smallest absolute Gasteiger partial charge is 0.252 e. The monoisotopic (exact) mass is 459 g/mol. The summed E-state index contributed by atoms with van der Waals surface area (Å²) < 4.78 is 2.07. The molecule has 0 unspecified atom stereocenters. The van der Waals surface area contributed by atoms with Gasteiger partial charge in [0.25, 0.3) is 5.91 Å². The van der Waals surface area contributed by atoms with E-state index in [2.05, 4.69) is 59.5 Å². The number of halogens is 1. The lowest BCUT2D eigenvalue weighted by Crippen LogP contribution is -2.42. The van der Waals surface area contributed by atoms with E-state index >= 15 is 0 Å². The van der Waals surface area contributed by atoms with Crippen LogP contribution in [0.25, 0.3) is 0 Å². The van der Waals surface area contributed by atoms with E-state index in [1.54, 1.807) is 12.3 Å². The Morgan fingerprint density at radius 2 is 1.88 bits per heavy atom. The van der Waals surface area contributed by atoms with Crippen LogP contribution < -0.4 is 10.2 Å². The number of nitrogens with one attached hydrogen (secondary N) is 1. The van der Waals surface area contributed by atoms with Crippen molar-refractivity contribution in [2.24, 2.45) is 0 Å². The van der Waals surface area contributed by atoms with Crippen LogP contribution in [0.3, 0.4) is 0 Å². The number of imidazole rings is 1. The van der Waals surface area contributed by atoms with Crippen LogP contribution in [0.5, 0.6) is 0 Å². The number of benzene rings is 1. The Hall–Kier alpha value is -2.05. The molecule has 1 saturated carbocycles. The fraction of sp³-hybridized carbons (Fsp3) is 0.600. The zero-order valence-electron chi connectivity index (χ0n) is 20.4. The molecular formula is C25H38ClN5O. The highest BCUT2D eigenvalue weighted by atomic mass is 35.5. The van der Waals surface area contributed by atoms with Crippen molar-refractivity contribution < 1.29 is 4.79 Å². The van der Waals surface area contributed by atoms with E-state index < -0.39 is 0 Å². The van der Waals surface area contributed by atoms with E-state index in [0.29, 0.717) is 35.3 Å². The molecule has 1 aliphatic rings. The Morgan fingerprint density at radius 1 is 1.22 bits per heavy atom. The van der Waals surface area contributed by atoms with Crippen LogP contribution in [0.15, 0.2) is 24.5 Å². The number of hydrogen-bond donors (Lipinski definition) is 1. The maximum atomic E-state index is 13.1. The predicted molar refractivity (Wildman–Crippen MR) is 133 cm³/mol. The molecule has 176 valence electrons. The minimum absolute atomic E-state index is 0.114. The van der Waals surface area contributed by atoms with E-state index in [1.165, 1.54) is 12.8 Å². The van der Waals surface area contributed by atoms with Crippen LogP contribution in [0, 0.1) is 6.92 Å². The number of carbonyl (C=O) groups is 1. The SMILES string of the molecule is CCN(c1cc(Cl)cc(C(=O)NCc2nccn2C(C)C)c1C)[C@H]1CC[C@H](N(C)C)CC1. The number of nitrogens with zero attached hydrogens (tertiary/aromatic N) is 4. The topological polar surface area (TPSA) is 53.4 Å². The molecule has 1 aromatic carbocycles. The second-order valence-corrected chi connectivity index (χ2v) is 9.77. The third-order valence-corrected chi connectivity index (χ3v) is 7.01. The Morgan fingerprint density at radius 3 is 2.47 bits per heavy atom. The number of amides is 1. The van der Waals surface area contributed by atoms with Crippen molar-refractivity contribution in [1.29, 1.82) is 0 Å². The van der Waals surface area contributed by atoms with Gasteiger partial charge >= 0.3 is 0 Å². The van der Waals surface area contributed by atoms with Gasteiger partial charge in [0.1, 0.15) is 5.82 Å². The third kappa shape index (κ3) is 5.46.